The summed E-state index contributed by atoms with van der Waals surface area (Å²) in [6.07, 6.45) is 2.28. The molecule has 14 heavy (non-hydrogen) atoms. The molecule has 1 aromatic rings. The van der Waals surface area contributed by atoms with Gasteiger partial charge in [-0.25, -0.2) is 8.78 Å². The number of carbonyl (C=O) groups is 1. The van der Waals surface area contributed by atoms with Crippen LogP contribution in [0.1, 0.15) is 23.2 Å². The van der Waals surface area contributed by atoms with Gasteiger partial charge in [0.05, 0.1) is 5.56 Å². The van der Waals surface area contributed by atoms with Crippen molar-refractivity contribution in [2.75, 3.05) is 0 Å². The van der Waals surface area contributed by atoms with E-state index in [4.69, 9.17) is 0 Å². The molecule has 0 fully saturated rings. The van der Waals surface area contributed by atoms with Gasteiger partial charge in [-0.15, -0.1) is 6.58 Å². The molecule has 0 saturated carbocycles. The molecular formula is C11H10F2O. The minimum Gasteiger partial charge on any atom is -0.294 e. The molecule has 0 unspecified atom stereocenters. The molecule has 0 heterocycles. The van der Waals surface area contributed by atoms with E-state index in [2.05, 4.69) is 6.58 Å². The summed E-state index contributed by atoms with van der Waals surface area (Å²) in [7, 11) is 0. The molecule has 0 aliphatic carbocycles. The number of rotatable bonds is 4. The van der Waals surface area contributed by atoms with Crippen LogP contribution in [0.15, 0.2) is 30.9 Å². The highest BCUT2D eigenvalue weighted by atomic mass is 19.1. The van der Waals surface area contributed by atoms with E-state index < -0.39 is 11.6 Å². The van der Waals surface area contributed by atoms with E-state index >= 15 is 0 Å². The minimum atomic E-state index is -0.806. The lowest BCUT2D eigenvalue weighted by molar-refractivity contribution is 0.0979. The summed E-state index contributed by atoms with van der Waals surface area (Å²) in [6.45, 7) is 3.46. The predicted octanol–water partition coefficient (Wildman–Crippen LogP) is 3.11. The van der Waals surface area contributed by atoms with Gasteiger partial charge in [-0.3, -0.25) is 4.79 Å². The number of benzene rings is 1. The maximum absolute atomic E-state index is 13.0. The number of halogens is 2. The van der Waals surface area contributed by atoms with Crippen LogP contribution in [0.5, 0.6) is 0 Å². The molecule has 0 aliphatic heterocycles. The standard InChI is InChI=1S/C11H10F2O/c1-2-3-4-11(14)9-6-5-8(12)7-10(9)13/h2,5-7H,1,3-4H2. The van der Waals surface area contributed by atoms with Gasteiger partial charge < -0.3 is 0 Å². The SMILES string of the molecule is C=CCCC(=O)c1ccc(F)cc1F. The van der Waals surface area contributed by atoms with E-state index in [-0.39, 0.29) is 17.8 Å². The van der Waals surface area contributed by atoms with Crippen LogP contribution in [-0.4, -0.2) is 5.78 Å². The number of allylic oxidation sites excluding steroid dienone is 1. The van der Waals surface area contributed by atoms with Crippen LogP contribution in [0.3, 0.4) is 0 Å². The molecule has 0 aliphatic rings. The molecule has 1 nitrogen and oxygen atoms in total. The Hall–Kier alpha value is -1.51. The van der Waals surface area contributed by atoms with Gasteiger partial charge in [0.1, 0.15) is 11.6 Å². The maximum atomic E-state index is 13.0. The Labute approximate surface area is 81.1 Å². The quantitative estimate of drug-likeness (QED) is 0.534. The third kappa shape index (κ3) is 2.49. The monoisotopic (exact) mass is 196 g/mol. The van der Waals surface area contributed by atoms with Crippen LogP contribution >= 0.6 is 0 Å². The summed E-state index contributed by atoms with van der Waals surface area (Å²) < 4.78 is 25.5. The third-order valence-corrected chi connectivity index (χ3v) is 1.81. The average molecular weight is 196 g/mol. The van der Waals surface area contributed by atoms with Crippen molar-refractivity contribution in [2.45, 2.75) is 12.8 Å². The fourth-order valence-corrected chi connectivity index (χ4v) is 1.08. The number of ketones is 1. The Bertz CT molecular complexity index is 358. The van der Waals surface area contributed by atoms with Gasteiger partial charge in [0.2, 0.25) is 0 Å². The maximum Gasteiger partial charge on any atom is 0.166 e. The van der Waals surface area contributed by atoms with Crippen molar-refractivity contribution >= 4 is 5.78 Å². The lowest BCUT2D eigenvalue weighted by Gasteiger charge is -2.00. The van der Waals surface area contributed by atoms with Gasteiger partial charge in [-0.2, -0.15) is 0 Å². The summed E-state index contributed by atoms with van der Waals surface area (Å²) in [6, 6.07) is 2.95. The van der Waals surface area contributed by atoms with Crippen molar-refractivity contribution in [3.05, 3.63) is 48.1 Å². The number of Topliss-reactive ketones (excluding diaryl/α,β-unsaturated/α-hetero) is 1. The number of hydrogen-bond donors (Lipinski definition) is 0. The normalized spacial score (nSPS) is 9.86. The Balaban J connectivity index is 2.84. The van der Waals surface area contributed by atoms with Crippen LogP contribution in [-0.2, 0) is 0 Å². The Morgan fingerprint density at radius 3 is 2.71 bits per heavy atom. The largest absolute Gasteiger partial charge is 0.294 e. The lowest BCUT2D eigenvalue weighted by Crippen LogP contribution is -2.02. The highest BCUT2D eigenvalue weighted by Crippen LogP contribution is 2.12. The highest BCUT2D eigenvalue weighted by molar-refractivity contribution is 5.96. The smallest absolute Gasteiger partial charge is 0.166 e. The fourth-order valence-electron chi connectivity index (χ4n) is 1.08. The second-order valence-electron chi connectivity index (χ2n) is 2.87. The van der Waals surface area contributed by atoms with Gasteiger partial charge in [-0.05, 0) is 18.6 Å². The molecular weight excluding hydrogens is 186 g/mol. The average Bonchev–Trinajstić information content (AvgIpc) is 2.14. The van der Waals surface area contributed by atoms with Crippen molar-refractivity contribution in [2.24, 2.45) is 0 Å². The van der Waals surface area contributed by atoms with Gasteiger partial charge in [0, 0.05) is 12.5 Å². The van der Waals surface area contributed by atoms with Gasteiger partial charge in [-0.1, -0.05) is 6.08 Å². The number of carbonyl (C=O) groups excluding carboxylic acids is 1. The van der Waals surface area contributed by atoms with Crippen LogP contribution in [0.2, 0.25) is 0 Å². The van der Waals surface area contributed by atoms with E-state index in [1.54, 1.807) is 6.08 Å². The molecule has 1 rings (SSSR count). The van der Waals surface area contributed by atoms with Crippen LogP contribution < -0.4 is 0 Å². The van der Waals surface area contributed by atoms with E-state index in [9.17, 15) is 13.6 Å². The summed E-state index contributed by atoms with van der Waals surface area (Å²) >= 11 is 0. The highest BCUT2D eigenvalue weighted by Gasteiger charge is 2.10. The molecule has 0 saturated heterocycles. The topological polar surface area (TPSA) is 17.1 Å². The summed E-state index contributed by atoms with van der Waals surface area (Å²) in [5, 5.41) is 0. The van der Waals surface area contributed by atoms with Gasteiger partial charge >= 0.3 is 0 Å². The molecule has 0 aromatic heterocycles. The molecule has 0 spiro atoms. The second kappa shape index (κ2) is 4.65. The first-order chi connectivity index (χ1) is 6.65. The summed E-state index contributed by atoms with van der Waals surface area (Å²) in [5.41, 5.74) is -0.0618. The van der Waals surface area contributed by atoms with Gasteiger partial charge in [0.25, 0.3) is 0 Å². The minimum absolute atomic E-state index is 0.0618. The molecule has 3 heteroatoms. The summed E-state index contributed by atoms with van der Waals surface area (Å²) in [4.78, 5) is 11.3. The summed E-state index contributed by atoms with van der Waals surface area (Å²) in [5.74, 6) is -1.82. The van der Waals surface area contributed by atoms with E-state index in [0.717, 1.165) is 12.1 Å². The predicted molar refractivity (Wildman–Crippen MR) is 50.1 cm³/mol. The molecule has 0 radical (unpaired) electrons. The van der Waals surface area contributed by atoms with Crippen molar-refractivity contribution < 1.29 is 13.6 Å². The Morgan fingerprint density at radius 2 is 2.14 bits per heavy atom. The van der Waals surface area contributed by atoms with Crippen LogP contribution in [0, 0.1) is 11.6 Å². The van der Waals surface area contributed by atoms with Crippen molar-refractivity contribution in [3.63, 3.8) is 0 Å². The first kappa shape index (κ1) is 10.6. The van der Waals surface area contributed by atoms with Crippen molar-refractivity contribution in [3.8, 4) is 0 Å². The molecule has 0 bridgehead atoms. The Kier molecular flexibility index (Phi) is 3.51. The molecule has 0 N–H and O–H groups in total. The fraction of sp³-hybridized carbons (Fsp3) is 0.182. The van der Waals surface area contributed by atoms with E-state index in [0.29, 0.717) is 12.5 Å². The molecule has 1 aromatic carbocycles. The second-order valence-corrected chi connectivity index (χ2v) is 2.87. The lowest BCUT2D eigenvalue weighted by atomic mass is 10.1. The van der Waals surface area contributed by atoms with Crippen LogP contribution in [0.4, 0.5) is 8.78 Å². The number of hydrogen-bond acceptors (Lipinski definition) is 1. The first-order valence-corrected chi connectivity index (χ1v) is 4.24. The zero-order valence-electron chi connectivity index (χ0n) is 7.59. The first-order valence-electron chi connectivity index (χ1n) is 4.24. The van der Waals surface area contributed by atoms with E-state index in [1.165, 1.54) is 0 Å². The van der Waals surface area contributed by atoms with Crippen molar-refractivity contribution in [1.29, 1.82) is 0 Å². The van der Waals surface area contributed by atoms with Crippen LogP contribution in [0.25, 0.3) is 0 Å². The Morgan fingerprint density at radius 1 is 1.43 bits per heavy atom. The van der Waals surface area contributed by atoms with Crippen molar-refractivity contribution in [1.82, 2.24) is 0 Å². The molecule has 0 amide bonds. The van der Waals surface area contributed by atoms with E-state index in [1.807, 2.05) is 0 Å². The molecule has 74 valence electrons. The van der Waals surface area contributed by atoms with Gasteiger partial charge in [0.15, 0.2) is 5.78 Å². The zero-order valence-corrected chi connectivity index (χ0v) is 7.59. The zero-order chi connectivity index (χ0) is 10.6. The molecule has 0 atom stereocenters. The third-order valence-electron chi connectivity index (χ3n) is 1.81.